The summed E-state index contributed by atoms with van der Waals surface area (Å²) >= 11 is 0. The lowest BCUT2D eigenvalue weighted by molar-refractivity contribution is -0.144. The van der Waals surface area contributed by atoms with Gasteiger partial charge in [0.1, 0.15) is 0 Å². The van der Waals surface area contributed by atoms with Gasteiger partial charge in [0.05, 0.1) is 5.92 Å². The molecular weight excluding hydrogens is 288 g/mol. The first-order valence-electron chi connectivity index (χ1n) is 6.74. The minimum absolute atomic E-state index is 0. The van der Waals surface area contributed by atoms with Crippen molar-refractivity contribution < 1.29 is 29.0 Å². The molecule has 2 rings (SSSR count). The van der Waals surface area contributed by atoms with Gasteiger partial charge in [0, 0.05) is 32.3 Å². The van der Waals surface area contributed by atoms with Gasteiger partial charge in [-0.3, -0.25) is 9.59 Å². The Morgan fingerprint density at radius 1 is 0.955 bits per heavy atom. The highest BCUT2D eigenvalue weighted by atomic mass is 16.5. The molecule has 2 aliphatic rings. The average Bonchev–Trinajstić information content (AvgIpc) is 2.50. The van der Waals surface area contributed by atoms with E-state index in [1.54, 1.807) is 0 Å². The SMILES string of the molecule is C.C.O=C(O)C1CCOCC1.[N-]=[N+]=CC(=O)C1CCOCC1. The predicted molar refractivity (Wildman–Crippen MR) is 82.9 cm³/mol. The molecular formula is C15H28N2O5. The number of carbonyl (C=O) groups is 2. The lowest BCUT2D eigenvalue weighted by atomic mass is 9.96. The van der Waals surface area contributed by atoms with E-state index in [2.05, 4.69) is 4.79 Å². The predicted octanol–water partition coefficient (Wildman–Crippen LogP) is 2.05. The fraction of sp³-hybridized carbons (Fsp3) is 0.800. The number of hydrogen-bond acceptors (Lipinski definition) is 4. The van der Waals surface area contributed by atoms with Crippen molar-refractivity contribution in [1.29, 1.82) is 0 Å². The van der Waals surface area contributed by atoms with Gasteiger partial charge in [0.15, 0.2) is 0 Å². The zero-order valence-corrected chi connectivity index (χ0v) is 11.4. The number of ether oxygens (including phenoxy) is 2. The van der Waals surface area contributed by atoms with E-state index in [1.807, 2.05) is 0 Å². The van der Waals surface area contributed by atoms with Crippen molar-refractivity contribution in [2.45, 2.75) is 40.5 Å². The van der Waals surface area contributed by atoms with Crippen molar-refractivity contribution >= 4 is 18.0 Å². The highest BCUT2D eigenvalue weighted by Gasteiger charge is 2.22. The number of rotatable bonds is 3. The highest BCUT2D eigenvalue weighted by molar-refractivity contribution is 6.26. The van der Waals surface area contributed by atoms with Crippen LogP contribution in [0.5, 0.6) is 0 Å². The van der Waals surface area contributed by atoms with E-state index in [0.717, 1.165) is 19.1 Å². The van der Waals surface area contributed by atoms with Crippen molar-refractivity contribution in [2.75, 3.05) is 26.4 Å². The lowest BCUT2D eigenvalue weighted by Crippen LogP contribution is -2.24. The third-order valence-electron chi connectivity index (χ3n) is 3.38. The lowest BCUT2D eigenvalue weighted by Gasteiger charge is -2.17. The largest absolute Gasteiger partial charge is 0.481 e. The number of aliphatic carboxylic acids is 1. The molecule has 0 atom stereocenters. The summed E-state index contributed by atoms with van der Waals surface area (Å²) < 4.78 is 10.1. The second kappa shape index (κ2) is 13.1. The summed E-state index contributed by atoms with van der Waals surface area (Å²) in [6.45, 7) is 2.49. The number of hydrogen-bond donors (Lipinski definition) is 1. The Bertz CT molecular complexity index is 368. The van der Waals surface area contributed by atoms with Crippen LogP contribution in [0.2, 0.25) is 0 Å². The molecule has 0 aromatic rings. The second-order valence-corrected chi connectivity index (χ2v) is 4.76. The van der Waals surface area contributed by atoms with Gasteiger partial charge < -0.3 is 20.1 Å². The van der Waals surface area contributed by atoms with Crippen LogP contribution in [0.4, 0.5) is 0 Å². The zero-order valence-electron chi connectivity index (χ0n) is 11.4. The molecule has 0 radical (unpaired) electrons. The van der Waals surface area contributed by atoms with E-state index >= 15 is 0 Å². The molecule has 0 aromatic heterocycles. The van der Waals surface area contributed by atoms with Gasteiger partial charge in [0.25, 0.3) is 0 Å². The Balaban J connectivity index is 0. The molecule has 2 aliphatic heterocycles. The van der Waals surface area contributed by atoms with E-state index in [1.165, 1.54) is 0 Å². The Hall–Kier alpha value is -1.56. The zero-order chi connectivity index (χ0) is 14.8. The molecule has 128 valence electrons. The van der Waals surface area contributed by atoms with E-state index in [-0.39, 0.29) is 32.5 Å². The summed E-state index contributed by atoms with van der Waals surface area (Å²) in [5.41, 5.74) is 8.08. The maximum Gasteiger partial charge on any atom is 0.323 e. The van der Waals surface area contributed by atoms with Crippen LogP contribution in [0.15, 0.2) is 0 Å². The van der Waals surface area contributed by atoms with Crippen LogP contribution in [-0.2, 0) is 19.1 Å². The molecule has 2 fully saturated rings. The Morgan fingerprint density at radius 2 is 1.36 bits per heavy atom. The van der Waals surface area contributed by atoms with E-state index in [9.17, 15) is 9.59 Å². The number of carboxylic acid groups (broad SMARTS) is 1. The van der Waals surface area contributed by atoms with Gasteiger partial charge in [-0.15, -0.1) is 0 Å². The minimum Gasteiger partial charge on any atom is -0.481 e. The van der Waals surface area contributed by atoms with E-state index in [0.29, 0.717) is 39.3 Å². The standard InChI is InChI=1S/C7H10N2O2.C6H10O3.2CH4/c8-9-5-7(10)6-1-3-11-4-2-6;7-6(8)5-1-3-9-4-2-5;;/h5-6H,1-4H2;5H,1-4H2,(H,7,8);2*1H4. The number of Topliss-reactive ketones (excluding diaryl/α,β-unsaturated/α-hetero) is 1. The summed E-state index contributed by atoms with van der Waals surface area (Å²) in [7, 11) is 0. The molecule has 0 spiro atoms. The number of nitrogens with zero attached hydrogens (tertiary/aromatic N) is 2. The monoisotopic (exact) mass is 316 g/mol. The molecule has 0 amide bonds. The van der Waals surface area contributed by atoms with Crippen LogP contribution in [-0.4, -0.2) is 54.3 Å². The first kappa shape index (κ1) is 22.7. The summed E-state index contributed by atoms with van der Waals surface area (Å²) in [6, 6.07) is 0. The van der Waals surface area contributed by atoms with Gasteiger partial charge in [-0.25, -0.2) is 0 Å². The first-order valence-corrected chi connectivity index (χ1v) is 6.74. The fourth-order valence-electron chi connectivity index (χ4n) is 2.09. The van der Waals surface area contributed by atoms with Crippen molar-refractivity contribution in [1.82, 2.24) is 0 Å². The number of carbonyl (C=O) groups excluding carboxylic acids is 1. The van der Waals surface area contributed by atoms with Gasteiger partial charge >= 0.3 is 12.2 Å². The van der Waals surface area contributed by atoms with Gasteiger partial charge in [0.2, 0.25) is 5.78 Å². The summed E-state index contributed by atoms with van der Waals surface area (Å²) in [5.74, 6) is -0.938. The fourth-order valence-corrected chi connectivity index (χ4v) is 2.09. The van der Waals surface area contributed by atoms with Crippen LogP contribution in [0.25, 0.3) is 5.53 Å². The van der Waals surface area contributed by atoms with E-state index < -0.39 is 5.97 Å². The molecule has 0 saturated carbocycles. The quantitative estimate of drug-likeness (QED) is 0.487. The second-order valence-electron chi connectivity index (χ2n) is 4.76. The molecule has 0 unspecified atom stereocenters. The van der Waals surface area contributed by atoms with Crippen molar-refractivity contribution in [2.24, 2.45) is 11.8 Å². The molecule has 7 heteroatoms. The Morgan fingerprint density at radius 3 is 1.68 bits per heavy atom. The van der Waals surface area contributed by atoms with Crippen LogP contribution in [0, 0.1) is 11.8 Å². The van der Waals surface area contributed by atoms with Crippen LogP contribution >= 0.6 is 0 Å². The topological polar surface area (TPSA) is 109 Å². The summed E-state index contributed by atoms with van der Waals surface area (Å²) in [4.78, 5) is 24.0. The third kappa shape index (κ3) is 8.67. The van der Waals surface area contributed by atoms with Gasteiger partial charge in [-0.2, -0.15) is 4.79 Å². The molecule has 2 heterocycles. The molecule has 7 nitrogen and oxygen atoms in total. The van der Waals surface area contributed by atoms with Crippen LogP contribution in [0.3, 0.4) is 0 Å². The van der Waals surface area contributed by atoms with Crippen LogP contribution in [0.1, 0.15) is 40.5 Å². The van der Waals surface area contributed by atoms with Gasteiger partial charge in [-0.1, -0.05) is 14.9 Å². The van der Waals surface area contributed by atoms with Crippen molar-refractivity contribution in [3.63, 3.8) is 0 Å². The molecule has 0 aliphatic carbocycles. The minimum atomic E-state index is -0.682. The van der Waals surface area contributed by atoms with E-state index in [4.69, 9.17) is 20.1 Å². The molecule has 2 saturated heterocycles. The van der Waals surface area contributed by atoms with Crippen molar-refractivity contribution in [3.8, 4) is 0 Å². The van der Waals surface area contributed by atoms with Gasteiger partial charge in [-0.05, 0) is 25.7 Å². The maximum atomic E-state index is 11.0. The number of carboxylic acids is 1. The third-order valence-corrected chi connectivity index (χ3v) is 3.38. The molecule has 1 N–H and O–H groups in total. The molecule has 0 bridgehead atoms. The maximum absolute atomic E-state index is 11.0. The molecule has 0 aromatic carbocycles. The normalized spacial score (nSPS) is 18.4. The summed E-state index contributed by atoms with van der Waals surface area (Å²) in [6.07, 6.45) is 3.80. The van der Waals surface area contributed by atoms with Crippen LogP contribution < -0.4 is 0 Å². The Labute approximate surface area is 132 Å². The average molecular weight is 316 g/mol. The number of ketones is 1. The molecule has 22 heavy (non-hydrogen) atoms. The smallest absolute Gasteiger partial charge is 0.323 e. The highest BCUT2D eigenvalue weighted by Crippen LogP contribution is 2.14. The first-order chi connectivity index (χ1) is 9.65. The Kier molecular flexibility index (Phi) is 13.6. The van der Waals surface area contributed by atoms with Crippen molar-refractivity contribution in [3.05, 3.63) is 5.53 Å². The summed E-state index contributed by atoms with van der Waals surface area (Å²) in [5, 5.41) is 8.48.